The summed E-state index contributed by atoms with van der Waals surface area (Å²) in [7, 11) is 0. The first-order valence-electron chi connectivity index (χ1n) is 8.24. The van der Waals surface area contributed by atoms with E-state index in [-0.39, 0.29) is 0 Å². The Balaban J connectivity index is 1.72. The van der Waals surface area contributed by atoms with Gasteiger partial charge in [-0.2, -0.15) is 5.10 Å². The summed E-state index contributed by atoms with van der Waals surface area (Å²) in [6.45, 7) is 1.93. The monoisotopic (exact) mass is 386 g/mol. The van der Waals surface area contributed by atoms with E-state index in [1.165, 1.54) is 0 Å². The Bertz CT molecular complexity index is 984. The number of hydrogen-bond acceptors (Lipinski definition) is 3. The lowest BCUT2D eigenvalue weighted by molar-refractivity contribution is 0.285. The van der Waals surface area contributed by atoms with Gasteiger partial charge in [0, 0.05) is 11.3 Å². The van der Waals surface area contributed by atoms with Gasteiger partial charge in [0.15, 0.2) is 11.5 Å². The van der Waals surface area contributed by atoms with E-state index in [1.807, 2.05) is 31.2 Å². The molecule has 0 unspecified atom stereocenters. The van der Waals surface area contributed by atoms with Crippen molar-refractivity contribution < 1.29 is 9.47 Å². The molecule has 0 bridgehead atoms. The minimum atomic E-state index is 0.454. The Morgan fingerprint density at radius 1 is 1.15 bits per heavy atom. The van der Waals surface area contributed by atoms with E-state index >= 15 is 0 Å². The van der Waals surface area contributed by atoms with Crippen LogP contribution in [0.3, 0.4) is 0 Å². The molecule has 0 saturated heterocycles. The number of H-pyrrole nitrogens is 1. The molecule has 1 N–H and O–H groups in total. The smallest absolute Gasteiger partial charge is 0.173 e. The zero-order valence-corrected chi connectivity index (χ0v) is 15.6. The van der Waals surface area contributed by atoms with E-state index in [2.05, 4.69) is 16.3 Å². The lowest BCUT2D eigenvalue weighted by Gasteiger charge is -2.20. The summed E-state index contributed by atoms with van der Waals surface area (Å²) in [6, 6.07) is 5.47. The number of ether oxygens (including phenoxy) is 2. The molecule has 132 valence electrons. The Hall–Kier alpha value is -2.43. The molecule has 0 saturated carbocycles. The quantitative estimate of drug-likeness (QED) is 0.687. The molecule has 6 heteroatoms. The van der Waals surface area contributed by atoms with Gasteiger partial charge in [-0.25, -0.2) is 0 Å². The summed E-state index contributed by atoms with van der Waals surface area (Å²) in [5.41, 5.74) is 4.15. The van der Waals surface area contributed by atoms with Crippen molar-refractivity contribution in [2.75, 3.05) is 0 Å². The van der Waals surface area contributed by atoms with E-state index in [0.29, 0.717) is 27.3 Å². The Morgan fingerprint density at radius 2 is 2.00 bits per heavy atom. The molecular weight excluding hydrogens is 371 g/mol. The molecule has 2 heterocycles. The number of aryl methyl sites for hydroxylation is 1. The number of aromatic nitrogens is 2. The van der Waals surface area contributed by atoms with E-state index in [0.717, 1.165) is 35.2 Å². The molecule has 26 heavy (non-hydrogen) atoms. The van der Waals surface area contributed by atoms with Crippen LogP contribution < -0.4 is 0 Å². The SMILES string of the molecule is Cc1[nH]nc(-c2cccc(Cl)c2Cl)c1C1=COC=C(C2=CC=CCC2)O1. The third-order valence-electron chi connectivity index (χ3n) is 4.30. The maximum absolute atomic E-state index is 6.39. The van der Waals surface area contributed by atoms with Crippen LogP contribution in [-0.2, 0) is 9.47 Å². The normalized spacial score (nSPS) is 16.3. The molecule has 1 aromatic carbocycles. The average Bonchev–Trinajstić information content (AvgIpc) is 3.06. The number of benzene rings is 1. The van der Waals surface area contributed by atoms with Crippen molar-refractivity contribution in [3.63, 3.8) is 0 Å². The molecule has 0 spiro atoms. The standard InChI is InChI=1S/C20H16Cl2N2O2/c1-12-18(20(24-23-12)14-8-5-9-15(21)19(14)22)17-11-25-10-16(26-17)13-6-3-2-4-7-13/h2-3,5-6,8-11H,4,7H2,1H3,(H,23,24). The summed E-state index contributed by atoms with van der Waals surface area (Å²) in [6.07, 6.45) is 11.3. The maximum atomic E-state index is 6.39. The van der Waals surface area contributed by atoms with Crippen molar-refractivity contribution in [2.24, 2.45) is 0 Å². The topological polar surface area (TPSA) is 47.1 Å². The minimum absolute atomic E-state index is 0.454. The second kappa shape index (κ2) is 7.06. The number of halogens is 2. The van der Waals surface area contributed by atoms with Gasteiger partial charge in [0.1, 0.15) is 18.2 Å². The molecule has 0 fully saturated rings. The van der Waals surface area contributed by atoms with Crippen molar-refractivity contribution in [3.8, 4) is 11.3 Å². The fraction of sp³-hybridized carbons (Fsp3) is 0.150. The number of rotatable bonds is 3. The highest BCUT2D eigenvalue weighted by atomic mass is 35.5. The highest BCUT2D eigenvalue weighted by molar-refractivity contribution is 6.43. The van der Waals surface area contributed by atoms with Gasteiger partial charge in [-0.15, -0.1) is 0 Å². The number of allylic oxidation sites excluding steroid dienone is 4. The van der Waals surface area contributed by atoms with Gasteiger partial charge < -0.3 is 9.47 Å². The molecule has 0 amide bonds. The van der Waals surface area contributed by atoms with Crippen LogP contribution in [0.2, 0.25) is 10.0 Å². The van der Waals surface area contributed by atoms with Crippen molar-refractivity contribution in [3.05, 3.63) is 81.6 Å². The zero-order valence-electron chi connectivity index (χ0n) is 14.1. The lowest BCUT2D eigenvalue weighted by atomic mass is 10.0. The third-order valence-corrected chi connectivity index (χ3v) is 5.12. The molecule has 1 aliphatic carbocycles. The largest absolute Gasteiger partial charge is 0.465 e. The first-order chi connectivity index (χ1) is 12.6. The summed E-state index contributed by atoms with van der Waals surface area (Å²) < 4.78 is 11.7. The number of nitrogens with zero attached hydrogens (tertiary/aromatic N) is 1. The highest BCUT2D eigenvalue weighted by Gasteiger charge is 2.24. The Labute approximate surface area is 161 Å². The third kappa shape index (κ3) is 3.06. The molecule has 4 rings (SSSR count). The van der Waals surface area contributed by atoms with Crippen LogP contribution in [0.5, 0.6) is 0 Å². The van der Waals surface area contributed by atoms with Gasteiger partial charge in [0.25, 0.3) is 0 Å². The summed E-state index contributed by atoms with van der Waals surface area (Å²) in [4.78, 5) is 0. The van der Waals surface area contributed by atoms with Crippen LogP contribution >= 0.6 is 23.2 Å². The van der Waals surface area contributed by atoms with Crippen LogP contribution in [0, 0.1) is 6.92 Å². The fourth-order valence-electron chi connectivity index (χ4n) is 3.00. The van der Waals surface area contributed by atoms with Crippen molar-refractivity contribution in [1.29, 1.82) is 0 Å². The Kier molecular flexibility index (Phi) is 4.62. The van der Waals surface area contributed by atoms with Crippen molar-refractivity contribution >= 4 is 29.0 Å². The number of aromatic amines is 1. The van der Waals surface area contributed by atoms with Gasteiger partial charge in [-0.3, -0.25) is 5.10 Å². The first-order valence-corrected chi connectivity index (χ1v) is 9.00. The number of nitrogens with one attached hydrogen (secondary N) is 1. The van der Waals surface area contributed by atoms with Gasteiger partial charge in [0.05, 0.1) is 15.6 Å². The minimum Gasteiger partial charge on any atom is -0.465 e. The molecule has 0 radical (unpaired) electrons. The molecule has 2 aromatic rings. The summed E-state index contributed by atoms with van der Waals surface area (Å²) in [5.74, 6) is 1.28. The predicted octanol–water partition coefficient (Wildman–Crippen LogP) is 6.15. The number of hydrogen-bond donors (Lipinski definition) is 1. The fourth-order valence-corrected chi connectivity index (χ4v) is 3.39. The molecular formula is C20H16Cl2N2O2. The Morgan fingerprint density at radius 3 is 2.81 bits per heavy atom. The summed E-state index contributed by atoms with van der Waals surface area (Å²) >= 11 is 12.6. The summed E-state index contributed by atoms with van der Waals surface area (Å²) in [5, 5.41) is 8.34. The van der Waals surface area contributed by atoms with Gasteiger partial charge >= 0.3 is 0 Å². The van der Waals surface area contributed by atoms with E-state index < -0.39 is 0 Å². The van der Waals surface area contributed by atoms with Crippen LogP contribution in [0.4, 0.5) is 0 Å². The molecule has 1 aliphatic heterocycles. The van der Waals surface area contributed by atoms with Crippen LogP contribution in [0.25, 0.3) is 17.0 Å². The molecule has 1 aromatic heterocycles. The van der Waals surface area contributed by atoms with Crippen LogP contribution in [0.1, 0.15) is 24.1 Å². The van der Waals surface area contributed by atoms with Crippen molar-refractivity contribution in [2.45, 2.75) is 19.8 Å². The van der Waals surface area contributed by atoms with E-state index in [9.17, 15) is 0 Å². The van der Waals surface area contributed by atoms with Gasteiger partial charge in [-0.05, 0) is 31.4 Å². The second-order valence-corrected chi connectivity index (χ2v) is 6.82. The average molecular weight is 387 g/mol. The van der Waals surface area contributed by atoms with E-state index in [1.54, 1.807) is 18.6 Å². The van der Waals surface area contributed by atoms with Crippen LogP contribution in [0.15, 0.2) is 60.3 Å². The zero-order chi connectivity index (χ0) is 18.1. The maximum Gasteiger partial charge on any atom is 0.173 e. The van der Waals surface area contributed by atoms with E-state index in [4.69, 9.17) is 32.7 Å². The van der Waals surface area contributed by atoms with Crippen molar-refractivity contribution in [1.82, 2.24) is 10.2 Å². The first kappa shape index (κ1) is 17.0. The molecule has 4 nitrogen and oxygen atoms in total. The van der Waals surface area contributed by atoms with Gasteiger partial charge in [0.2, 0.25) is 0 Å². The lowest BCUT2D eigenvalue weighted by Crippen LogP contribution is -2.04. The predicted molar refractivity (Wildman–Crippen MR) is 103 cm³/mol. The molecule has 0 atom stereocenters. The highest BCUT2D eigenvalue weighted by Crippen LogP contribution is 2.39. The van der Waals surface area contributed by atoms with Gasteiger partial charge in [-0.1, -0.05) is 53.6 Å². The van der Waals surface area contributed by atoms with Crippen LogP contribution in [-0.4, -0.2) is 10.2 Å². The second-order valence-electron chi connectivity index (χ2n) is 6.03. The molecule has 2 aliphatic rings.